The van der Waals surface area contributed by atoms with E-state index in [1.807, 2.05) is 0 Å². The van der Waals surface area contributed by atoms with E-state index in [1.54, 1.807) is 7.05 Å². The highest BCUT2D eigenvalue weighted by Crippen LogP contribution is 2.01. The molecule has 3 rings (SSSR count). The Kier molecular flexibility index (Phi) is 2.93. The number of nitrogens with zero attached hydrogens (tertiary/aromatic N) is 8. The Labute approximate surface area is 116 Å². The van der Waals surface area contributed by atoms with Crippen molar-refractivity contribution in [3.8, 4) is 0 Å². The van der Waals surface area contributed by atoms with Gasteiger partial charge in [0.05, 0.1) is 25.5 Å². The van der Waals surface area contributed by atoms with Crippen molar-refractivity contribution in [3.05, 3.63) is 28.4 Å². The lowest BCUT2D eigenvalue weighted by Crippen LogP contribution is -2.26. The lowest BCUT2D eigenvalue weighted by atomic mass is 10.4. The van der Waals surface area contributed by atoms with E-state index < -0.39 is 5.97 Å². The number of aryl methyl sites for hydroxylation is 3. The molecule has 0 aliphatic rings. The minimum absolute atomic E-state index is 0.156. The fraction of sp³-hybridized carbons (Fsp3) is 0.300. The van der Waals surface area contributed by atoms with Crippen LogP contribution in [-0.2, 0) is 20.1 Å². The van der Waals surface area contributed by atoms with Gasteiger partial charge in [-0.2, -0.15) is 5.10 Å². The number of carboxylic acid groups (broad SMARTS) is 1. The molecule has 0 unspecified atom stereocenters. The van der Waals surface area contributed by atoms with Crippen LogP contribution in [0, 0.1) is 0 Å². The topological polar surface area (TPSA) is 134 Å². The zero-order valence-electron chi connectivity index (χ0n) is 10.9. The second kappa shape index (κ2) is 4.77. The van der Waals surface area contributed by atoms with E-state index >= 15 is 0 Å². The third kappa shape index (κ3) is 2.24. The molecule has 0 aliphatic heterocycles. The summed E-state index contributed by atoms with van der Waals surface area (Å²) in [6, 6.07) is 0. The first-order chi connectivity index (χ1) is 10.1. The number of rotatable bonds is 4. The number of aromatic carboxylic acids is 1. The molecule has 11 heteroatoms. The van der Waals surface area contributed by atoms with Crippen LogP contribution in [0.1, 0.15) is 10.5 Å². The first-order valence-corrected chi connectivity index (χ1v) is 5.95. The summed E-state index contributed by atoms with van der Waals surface area (Å²) >= 11 is 0. The fourth-order valence-corrected chi connectivity index (χ4v) is 1.83. The number of hydrogen-bond acceptors (Lipinski definition) is 7. The average molecular weight is 290 g/mol. The minimum atomic E-state index is -1.16. The van der Waals surface area contributed by atoms with Crippen LogP contribution in [0.3, 0.4) is 0 Å². The van der Waals surface area contributed by atoms with Crippen molar-refractivity contribution in [3.63, 3.8) is 0 Å². The second-order valence-corrected chi connectivity index (χ2v) is 4.30. The van der Waals surface area contributed by atoms with Crippen LogP contribution in [0.2, 0.25) is 0 Å². The normalized spacial score (nSPS) is 11.1. The molecule has 1 N–H and O–H groups in total. The van der Waals surface area contributed by atoms with E-state index in [0.29, 0.717) is 11.0 Å². The molecule has 11 nitrogen and oxygen atoms in total. The Morgan fingerprint density at radius 1 is 1.29 bits per heavy atom. The number of fused-ring (bicyclic) bond motifs is 1. The Bertz CT molecular complexity index is 876. The molecule has 3 heterocycles. The molecule has 0 saturated carbocycles. The lowest BCUT2D eigenvalue weighted by molar-refractivity contribution is 0.0690. The third-order valence-corrected chi connectivity index (χ3v) is 2.92. The van der Waals surface area contributed by atoms with Gasteiger partial charge in [-0.3, -0.25) is 4.79 Å². The molecule has 0 aliphatic carbocycles. The van der Waals surface area contributed by atoms with Crippen molar-refractivity contribution in [1.29, 1.82) is 0 Å². The van der Waals surface area contributed by atoms with Gasteiger partial charge in [-0.15, -0.1) is 10.2 Å². The van der Waals surface area contributed by atoms with Crippen molar-refractivity contribution in [2.24, 2.45) is 7.05 Å². The number of aromatic nitrogens is 8. The lowest BCUT2D eigenvalue weighted by Gasteiger charge is -2.03. The SMILES string of the molecule is Cn1ncc2c(=O)n(CCn3cc(C(=O)O)nn3)nnc21. The van der Waals surface area contributed by atoms with Crippen LogP contribution < -0.4 is 5.56 Å². The maximum atomic E-state index is 12.1. The summed E-state index contributed by atoms with van der Waals surface area (Å²) in [5, 5.41) is 27.9. The van der Waals surface area contributed by atoms with Gasteiger partial charge in [0.15, 0.2) is 11.3 Å². The van der Waals surface area contributed by atoms with Crippen LogP contribution in [0.15, 0.2) is 17.2 Å². The standard InChI is InChI=1S/C10H10N8O3/c1-16-8-6(4-11-16)9(19)18(15-13-8)3-2-17-5-7(10(20)21)12-14-17/h4-5H,2-3H2,1H3,(H,20,21). The molecule has 3 aromatic rings. The second-order valence-electron chi connectivity index (χ2n) is 4.30. The molecule has 0 spiro atoms. The zero-order chi connectivity index (χ0) is 15.0. The molecular formula is C10H10N8O3. The molecule has 3 aromatic heterocycles. The van der Waals surface area contributed by atoms with Crippen molar-refractivity contribution >= 4 is 17.0 Å². The predicted octanol–water partition coefficient (Wildman–Crippen LogP) is -1.49. The molecule has 0 aromatic carbocycles. The van der Waals surface area contributed by atoms with Crippen LogP contribution in [-0.4, -0.2) is 50.8 Å². The first-order valence-electron chi connectivity index (χ1n) is 5.95. The van der Waals surface area contributed by atoms with E-state index in [4.69, 9.17) is 5.11 Å². The minimum Gasteiger partial charge on any atom is -0.476 e. The predicted molar refractivity (Wildman–Crippen MR) is 67.5 cm³/mol. The number of carbonyl (C=O) groups is 1. The molecule has 0 radical (unpaired) electrons. The molecular weight excluding hydrogens is 280 g/mol. The van der Waals surface area contributed by atoms with Gasteiger partial charge in [0.2, 0.25) is 0 Å². The Morgan fingerprint density at radius 2 is 2.10 bits per heavy atom. The van der Waals surface area contributed by atoms with Gasteiger partial charge in [0, 0.05) is 7.05 Å². The molecule has 108 valence electrons. The zero-order valence-corrected chi connectivity index (χ0v) is 10.9. The Hall–Kier alpha value is -3.11. The summed E-state index contributed by atoms with van der Waals surface area (Å²) in [4.78, 5) is 22.8. The van der Waals surface area contributed by atoms with Gasteiger partial charge < -0.3 is 5.11 Å². The van der Waals surface area contributed by atoms with E-state index in [2.05, 4.69) is 25.7 Å². The molecule has 0 amide bonds. The molecule has 21 heavy (non-hydrogen) atoms. The van der Waals surface area contributed by atoms with E-state index in [9.17, 15) is 9.59 Å². The smallest absolute Gasteiger partial charge is 0.358 e. The molecule has 0 bridgehead atoms. The van der Waals surface area contributed by atoms with Crippen LogP contribution in [0.4, 0.5) is 0 Å². The van der Waals surface area contributed by atoms with Crippen LogP contribution in [0.25, 0.3) is 11.0 Å². The Balaban J connectivity index is 1.83. The summed E-state index contributed by atoms with van der Waals surface area (Å²) in [7, 11) is 1.67. The summed E-state index contributed by atoms with van der Waals surface area (Å²) in [6.07, 6.45) is 2.71. The van der Waals surface area contributed by atoms with Crippen LogP contribution in [0.5, 0.6) is 0 Å². The van der Waals surface area contributed by atoms with E-state index in [0.717, 1.165) is 0 Å². The monoisotopic (exact) mass is 290 g/mol. The quantitative estimate of drug-likeness (QED) is 0.614. The summed E-state index contributed by atoms with van der Waals surface area (Å²) in [5.74, 6) is -1.16. The highest BCUT2D eigenvalue weighted by atomic mass is 16.4. The Morgan fingerprint density at radius 3 is 2.81 bits per heavy atom. The summed E-state index contributed by atoms with van der Waals surface area (Å²) < 4.78 is 3.96. The van der Waals surface area contributed by atoms with Crippen molar-refractivity contribution in [1.82, 2.24) is 39.8 Å². The van der Waals surface area contributed by atoms with Crippen molar-refractivity contribution < 1.29 is 9.90 Å². The molecule has 0 atom stereocenters. The summed E-state index contributed by atoms with van der Waals surface area (Å²) in [6.45, 7) is 0.444. The van der Waals surface area contributed by atoms with Gasteiger partial charge in [0.25, 0.3) is 5.56 Å². The van der Waals surface area contributed by atoms with E-state index in [-0.39, 0.29) is 24.3 Å². The van der Waals surface area contributed by atoms with Crippen molar-refractivity contribution in [2.45, 2.75) is 13.1 Å². The third-order valence-electron chi connectivity index (χ3n) is 2.92. The van der Waals surface area contributed by atoms with Gasteiger partial charge in [-0.25, -0.2) is 18.8 Å². The van der Waals surface area contributed by atoms with E-state index in [1.165, 1.54) is 26.4 Å². The summed E-state index contributed by atoms with van der Waals surface area (Å²) in [5.41, 5.74) is -0.0621. The largest absolute Gasteiger partial charge is 0.476 e. The van der Waals surface area contributed by atoms with Crippen molar-refractivity contribution in [2.75, 3.05) is 0 Å². The molecule has 0 saturated heterocycles. The van der Waals surface area contributed by atoms with Gasteiger partial charge in [-0.05, 0) is 0 Å². The van der Waals surface area contributed by atoms with Gasteiger partial charge >= 0.3 is 5.97 Å². The highest BCUT2D eigenvalue weighted by molar-refractivity contribution is 5.84. The average Bonchev–Trinajstić information content (AvgIpc) is 3.06. The maximum absolute atomic E-state index is 12.1. The highest BCUT2D eigenvalue weighted by Gasteiger charge is 2.11. The number of carboxylic acids is 1. The number of hydrogen-bond donors (Lipinski definition) is 1. The maximum Gasteiger partial charge on any atom is 0.358 e. The molecule has 0 fully saturated rings. The first kappa shape index (κ1) is 12.9. The fourth-order valence-electron chi connectivity index (χ4n) is 1.83. The van der Waals surface area contributed by atoms with Gasteiger partial charge in [0.1, 0.15) is 5.39 Å². The van der Waals surface area contributed by atoms with Crippen LogP contribution >= 0.6 is 0 Å². The van der Waals surface area contributed by atoms with Gasteiger partial charge in [-0.1, -0.05) is 10.4 Å².